The minimum atomic E-state index is -6.44. The third-order valence-corrected chi connectivity index (χ3v) is 21.2. The molecule has 0 aromatic heterocycles. The van der Waals surface area contributed by atoms with Crippen molar-refractivity contribution in [2.75, 3.05) is 35.8 Å². The fraction of sp³-hybridized carbons (Fsp3) is 0.935. The molecule has 0 amide bonds. The van der Waals surface area contributed by atoms with Crippen LogP contribution in [-0.2, 0) is 54.9 Å². The Morgan fingerprint density at radius 1 is 0.411 bits per heavy atom. The van der Waals surface area contributed by atoms with E-state index in [4.69, 9.17) is 0 Å². The molecule has 0 heterocycles. The van der Waals surface area contributed by atoms with Crippen molar-refractivity contribution >= 4 is 56.1 Å². The zero-order valence-corrected chi connectivity index (χ0v) is 48.6. The maximum absolute atomic E-state index is 19.0. The smallest absolute Gasteiger partial charge is 0.337 e. The summed E-state index contributed by atoms with van der Waals surface area (Å²) in [6.45, 7) is 9.27. The molecule has 0 bridgehead atoms. The van der Waals surface area contributed by atoms with E-state index in [1.54, 1.807) is 0 Å². The second-order valence-electron chi connectivity index (χ2n) is 19.1. The van der Waals surface area contributed by atoms with Gasteiger partial charge in [-0.3, -0.25) is 0 Å². The molecule has 0 spiro atoms. The van der Waals surface area contributed by atoms with E-state index in [0.717, 1.165) is 12.8 Å². The minimum absolute atomic E-state index is 0.0481. The number of carbonyl (C=O) groups is 1. The largest absolute Gasteiger partial charge is 0.545 e. The van der Waals surface area contributed by atoms with E-state index < -0.39 is 163 Å². The number of quaternary nitrogens is 1. The molecule has 0 fully saturated rings. The highest BCUT2D eigenvalue weighted by Crippen LogP contribution is 2.54. The normalized spacial score (nSPS) is 15.3. The lowest BCUT2D eigenvalue weighted by molar-refractivity contribution is -0.994. The number of carboxylic acid groups (broad SMARTS) is 1. The van der Waals surface area contributed by atoms with Gasteiger partial charge in [0.2, 0.25) is 40.1 Å². The lowest BCUT2D eigenvalue weighted by Gasteiger charge is -2.53. The molecule has 27 heteroatoms. The van der Waals surface area contributed by atoms with Gasteiger partial charge in [-0.05, 0) is 42.3 Å². The first-order valence-electron chi connectivity index (χ1n) is 26.5. The predicted molar refractivity (Wildman–Crippen MR) is 275 cm³/mol. The molecule has 73 heavy (non-hydrogen) atoms. The van der Waals surface area contributed by atoms with Crippen LogP contribution in [0.1, 0.15) is 227 Å². The van der Waals surface area contributed by atoms with Crippen molar-refractivity contribution in [2.24, 2.45) is 0 Å². The number of nitrogens with zero attached hydrogens (tertiary/aromatic N) is 5. The minimum Gasteiger partial charge on any atom is -0.545 e. The Morgan fingerprint density at radius 3 is 0.877 bits per heavy atom. The third-order valence-electron chi connectivity index (χ3n) is 12.8. The number of rotatable bonds is 48. The van der Waals surface area contributed by atoms with Gasteiger partial charge in [-0.15, -0.1) is 17.9 Å². The molecule has 0 aliphatic heterocycles. The fourth-order valence-electron chi connectivity index (χ4n) is 8.41. The van der Waals surface area contributed by atoms with Crippen LogP contribution in [-0.4, -0.2) is 118 Å². The van der Waals surface area contributed by atoms with E-state index in [0.29, 0.717) is 89.9 Å². The van der Waals surface area contributed by atoms with E-state index in [2.05, 4.69) is 0 Å². The molecular weight excluding hydrogens is 1070 g/mol. The third kappa shape index (κ3) is 21.3. The summed E-state index contributed by atoms with van der Waals surface area (Å²) < 4.78 is 226. The standard InChI is InChI=1S/C46H90F5N5O12S5/c1-7-12-17-22-27-32-39-69(59,60)52(47)45(38-37-44(57)58,56(6,51)73(67,68)43-36-31-26-21-16-11-5)46(53(48)70(61,62)40-33-28-23-18-13-8-2,54(49)71(63,64)41-34-29-24-19-14-9-3)55(50)72(65,66)42-35-30-25-20-15-10-4/h37-38H,7-36,39-43H2,1-6H3. The van der Waals surface area contributed by atoms with Crippen molar-refractivity contribution in [1.82, 2.24) is 18.1 Å². The molecule has 17 nitrogen and oxygen atoms in total. The Kier molecular flexibility index (Phi) is 34.3. The molecule has 0 aromatic rings. The van der Waals surface area contributed by atoms with E-state index >= 15 is 22.4 Å². The highest BCUT2D eigenvalue weighted by molar-refractivity contribution is 7.91. The van der Waals surface area contributed by atoms with Gasteiger partial charge < -0.3 is 9.90 Å². The van der Waals surface area contributed by atoms with Crippen molar-refractivity contribution in [3.05, 3.63) is 12.2 Å². The van der Waals surface area contributed by atoms with Crippen LogP contribution in [0.3, 0.4) is 0 Å². The van der Waals surface area contributed by atoms with Gasteiger partial charge in [0.1, 0.15) is 12.8 Å². The molecule has 0 aliphatic carbocycles. The molecule has 0 saturated heterocycles. The van der Waals surface area contributed by atoms with E-state index in [9.17, 15) is 52.0 Å². The quantitative estimate of drug-likeness (QED) is 0.0182. The number of hydrogen-bond acceptors (Lipinski definition) is 12. The van der Waals surface area contributed by atoms with Gasteiger partial charge in [0.05, 0.1) is 29.0 Å². The molecule has 0 aliphatic rings. The van der Waals surface area contributed by atoms with Crippen LogP contribution in [0.15, 0.2) is 12.2 Å². The summed E-state index contributed by atoms with van der Waals surface area (Å²) in [7, 11) is -32.3. The molecule has 2 unspecified atom stereocenters. The van der Waals surface area contributed by atoms with Gasteiger partial charge in [-0.2, -0.15) is 8.42 Å². The first kappa shape index (κ1) is 71.4. The average Bonchev–Trinajstić information content (AvgIpc) is 3.32. The van der Waals surface area contributed by atoms with E-state index in [1.807, 2.05) is 34.6 Å². The van der Waals surface area contributed by atoms with Crippen molar-refractivity contribution in [2.45, 2.75) is 239 Å². The summed E-state index contributed by atoms with van der Waals surface area (Å²) in [4.78, 5) is 12.4. The van der Waals surface area contributed by atoms with E-state index in [1.165, 1.54) is 0 Å². The lowest BCUT2D eigenvalue weighted by Crippen LogP contribution is -2.88. The number of unbranched alkanes of at least 4 members (excludes halogenated alkanes) is 25. The Labute approximate surface area is 437 Å². The average molecular weight is 1160 g/mol. The van der Waals surface area contributed by atoms with Gasteiger partial charge in [0.15, 0.2) is 0 Å². The number of carboxylic acids is 1. The second kappa shape index (κ2) is 35.0. The van der Waals surface area contributed by atoms with Gasteiger partial charge in [0.25, 0.3) is 0 Å². The lowest BCUT2D eigenvalue weighted by atomic mass is 10.0. The number of likely N-dealkylation sites (N-methyl/N-ethyl adjacent to an activating group) is 1. The molecular formula is C46H90F5N5O12S5. The number of carbonyl (C=O) groups excluding carboxylic acids is 1. The Balaban J connectivity index is 9.53. The summed E-state index contributed by atoms with van der Waals surface area (Å²) >= 11 is 0. The van der Waals surface area contributed by atoms with Gasteiger partial charge >= 0.3 is 21.5 Å². The van der Waals surface area contributed by atoms with Crippen LogP contribution in [0, 0.1) is 0 Å². The fourth-order valence-corrected chi connectivity index (χ4v) is 15.9. The highest BCUT2D eigenvalue weighted by atomic mass is 32.2. The summed E-state index contributed by atoms with van der Waals surface area (Å²) in [5.41, 5.74) is -5.76. The van der Waals surface area contributed by atoms with Crippen LogP contribution < -0.4 is 5.11 Å². The zero-order chi connectivity index (χ0) is 56.0. The monoisotopic (exact) mass is 1160 g/mol. The van der Waals surface area contributed by atoms with Crippen LogP contribution in [0.2, 0.25) is 0 Å². The van der Waals surface area contributed by atoms with Crippen LogP contribution in [0.4, 0.5) is 22.4 Å². The van der Waals surface area contributed by atoms with E-state index in [-0.39, 0.29) is 64.8 Å². The maximum Gasteiger partial charge on any atom is 0.337 e. The Hall–Kier alpha value is -1.59. The first-order valence-corrected chi connectivity index (χ1v) is 34.6. The van der Waals surface area contributed by atoms with Gasteiger partial charge in [0, 0.05) is 28.7 Å². The van der Waals surface area contributed by atoms with Crippen molar-refractivity contribution in [3.8, 4) is 0 Å². The molecule has 0 radical (unpaired) electrons. The van der Waals surface area contributed by atoms with Crippen molar-refractivity contribution < 1.29 is 78.5 Å². The van der Waals surface area contributed by atoms with Crippen LogP contribution in [0.25, 0.3) is 0 Å². The number of aliphatic carboxylic acids is 1. The summed E-state index contributed by atoms with van der Waals surface area (Å²) in [6, 6.07) is 0. The first-order chi connectivity index (χ1) is 34.1. The number of sulfonamides is 5. The summed E-state index contributed by atoms with van der Waals surface area (Å²) in [5, 5.41) is 12.4. The van der Waals surface area contributed by atoms with Crippen LogP contribution in [0.5, 0.6) is 0 Å². The van der Waals surface area contributed by atoms with Gasteiger partial charge in [-0.25, -0.2) is 33.7 Å². The topological polar surface area (TPSA) is 224 Å². The zero-order valence-electron chi connectivity index (χ0n) is 44.5. The van der Waals surface area contributed by atoms with Crippen molar-refractivity contribution in [3.63, 3.8) is 0 Å². The number of halogens is 5. The molecule has 2 atom stereocenters. The van der Waals surface area contributed by atoms with Crippen molar-refractivity contribution in [1.29, 1.82) is 0 Å². The second-order valence-corrected chi connectivity index (χ2v) is 28.9. The van der Waals surface area contributed by atoms with Crippen LogP contribution >= 0.6 is 0 Å². The summed E-state index contributed by atoms with van der Waals surface area (Å²) in [5.74, 6) is -16.8. The highest BCUT2D eigenvalue weighted by Gasteiger charge is 2.87. The van der Waals surface area contributed by atoms with Gasteiger partial charge in [-0.1, -0.05) is 195 Å². The predicted octanol–water partition coefficient (Wildman–Crippen LogP) is 10.2. The maximum atomic E-state index is 19.0. The molecule has 436 valence electrons. The Bertz CT molecular complexity index is 2040. The molecule has 0 N–H and O–H groups in total. The molecule has 0 rings (SSSR count). The Morgan fingerprint density at radius 2 is 0.630 bits per heavy atom. The summed E-state index contributed by atoms with van der Waals surface area (Å²) in [6.07, 6.45) is 5.94. The molecule has 0 saturated carbocycles. The SMILES string of the molecule is CCCCCCCCS(=O)(=O)N(F)C(N(F)S(=O)(=O)CCCCCCCC)(N(F)S(=O)(=O)CCCCCCCC)C(C=CC(=O)[O-])(N(F)S(=O)(=O)CCCCCCCC)[N+](C)(F)S(=O)(=O)CCCCCCCC. The molecule has 0 aromatic carbocycles. The number of hydrogen-bond donors (Lipinski definition) is 0.